The lowest BCUT2D eigenvalue weighted by Crippen LogP contribution is -2.52. The highest BCUT2D eigenvalue weighted by molar-refractivity contribution is 5.85. The van der Waals surface area contributed by atoms with Crippen LogP contribution in [0.2, 0.25) is 0 Å². The molecule has 1 amide bonds. The average Bonchev–Trinajstić information content (AvgIpc) is 2.94. The van der Waals surface area contributed by atoms with Gasteiger partial charge in [0.25, 0.3) is 0 Å². The van der Waals surface area contributed by atoms with Crippen molar-refractivity contribution in [1.82, 2.24) is 5.32 Å². The van der Waals surface area contributed by atoms with Crippen LogP contribution in [0, 0.1) is 11.3 Å². The predicted octanol–water partition coefficient (Wildman–Crippen LogP) is 2.06. The van der Waals surface area contributed by atoms with E-state index in [1.807, 2.05) is 6.92 Å². The van der Waals surface area contributed by atoms with E-state index in [1.165, 1.54) is 12.8 Å². The maximum Gasteiger partial charge on any atom is 0.239 e. The topological polar surface area (TPSA) is 55.1 Å². The van der Waals surface area contributed by atoms with Crippen molar-refractivity contribution >= 4 is 5.91 Å². The zero-order valence-corrected chi connectivity index (χ0v) is 11.1. The van der Waals surface area contributed by atoms with E-state index in [0.717, 1.165) is 19.4 Å². The fourth-order valence-corrected chi connectivity index (χ4v) is 2.21. The second kappa shape index (κ2) is 4.74. The molecular formula is C13H26N2O. The average molecular weight is 226 g/mol. The quantitative estimate of drug-likeness (QED) is 0.728. The van der Waals surface area contributed by atoms with Crippen molar-refractivity contribution in [3.63, 3.8) is 0 Å². The molecule has 0 radical (unpaired) electrons. The van der Waals surface area contributed by atoms with E-state index in [0.29, 0.717) is 11.3 Å². The van der Waals surface area contributed by atoms with Gasteiger partial charge in [-0.3, -0.25) is 4.79 Å². The Morgan fingerprint density at radius 3 is 2.44 bits per heavy atom. The molecule has 1 atom stereocenters. The van der Waals surface area contributed by atoms with Crippen LogP contribution in [0.5, 0.6) is 0 Å². The Bertz CT molecular complexity index is 255. The fourth-order valence-electron chi connectivity index (χ4n) is 2.21. The Hall–Kier alpha value is -0.570. The Balaban J connectivity index is 2.41. The second-order valence-corrected chi connectivity index (χ2v) is 5.87. The number of rotatable bonds is 6. The molecule has 3 heteroatoms. The molecule has 1 unspecified atom stereocenters. The minimum Gasteiger partial charge on any atom is -0.354 e. The van der Waals surface area contributed by atoms with E-state index in [2.05, 4.69) is 26.1 Å². The number of nitrogens with one attached hydrogen (secondary N) is 1. The summed E-state index contributed by atoms with van der Waals surface area (Å²) < 4.78 is 0. The van der Waals surface area contributed by atoms with Crippen LogP contribution < -0.4 is 11.1 Å². The third-order valence-corrected chi connectivity index (χ3v) is 4.01. The van der Waals surface area contributed by atoms with Gasteiger partial charge in [-0.25, -0.2) is 0 Å². The number of carbonyl (C=O) groups excluding carboxylic acids is 1. The van der Waals surface area contributed by atoms with Crippen LogP contribution in [0.15, 0.2) is 0 Å². The third-order valence-electron chi connectivity index (χ3n) is 4.01. The largest absolute Gasteiger partial charge is 0.354 e. The summed E-state index contributed by atoms with van der Waals surface area (Å²) in [5.74, 6) is 0.643. The Kier molecular flexibility index (Phi) is 4.00. The summed E-state index contributed by atoms with van der Waals surface area (Å²) in [6.07, 6.45) is 4.16. The van der Waals surface area contributed by atoms with Crippen LogP contribution in [0.25, 0.3) is 0 Å². The molecule has 0 saturated heterocycles. The number of nitrogens with two attached hydrogens (primary N) is 1. The molecular weight excluding hydrogens is 200 g/mol. The van der Waals surface area contributed by atoms with E-state index in [1.54, 1.807) is 0 Å². The molecule has 16 heavy (non-hydrogen) atoms. The summed E-state index contributed by atoms with van der Waals surface area (Å²) in [5, 5.41) is 3.03. The Morgan fingerprint density at radius 2 is 2.06 bits per heavy atom. The number of hydrogen-bond acceptors (Lipinski definition) is 2. The van der Waals surface area contributed by atoms with Gasteiger partial charge in [-0.05, 0) is 37.5 Å². The second-order valence-electron chi connectivity index (χ2n) is 5.87. The van der Waals surface area contributed by atoms with Crippen molar-refractivity contribution in [2.45, 2.75) is 58.9 Å². The number of carbonyl (C=O) groups is 1. The smallest absolute Gasteiger partial charge is 0.239 e. The van der Waals surface area contributed by atoms with Crippen molar-refractivity contribution in [3.8, 4) is 0 Å². The first-order valence-electron chi connectivity index (χ1n) is 6.41. The van der Waals surface area contributed by atoms with Crippen LogP contribution in [0.1, 0.15) is 53.4 Å². The SMILES string of the molecule is CCCC(C)(N)C(=O)NCC1(C(C)C)CC1. The van der Waals surface area contributed by atoms with Crippen LogP contribution >= 0.6 is 0 Å². The van der Waals surface area contributed by atoms with Crippen molar-refractivity contribution in [1.29, 1.82) is 0 Å². The van der Waals surface area contributed by atoms with Crippen molar-refractivity contribution in [3.05, 3.63) is 0 Å². The molecule has 1 fully saturated rings. The minimum atomic E-state index is -0.707. The minimum absolute atomic E-state index is 0.00118. The van der Waals surface area contributed by atoms with E-state index < -0.39 is 5.54 Å². The van der Waals surface area contributed by atoms with Gasteiger partial charge in [0, 0.05) is 6.54 Å². The molecule has 0 bridgehead atoms. The first kappa shape index (κ1) is 13.5. The molecule has 1 saturated carbocycles. The van der Waals surface area contributed by atoms with Gasteiger partial charge >= 0.3 is 0 Å². The van der Waals surface area contributed by atoms with Crippen LogP contribution in [-0.2, 0) is 4.79 Å². The first-order chi connectivity index (χ1) is 7.34. The van der Waals surface area contributed by atoms with Crippen LogP contribution in [0.3, 0.4) is 0 Å². The highest BCUT2D eigenvalue weighted by Gasteiger charge is 2.45. The molecule has 0 aromatic heterocycles. The van der Waals surface area contributed by atoms with Gasteiger partial charge in [-0.2, -0.15) is 0 Å². The lowest BCUT2D eigenvalue weighted by molar-refractivity contribution is -0.126. The molecule has 0 spiro atoms. The number of hydrogen-bond donors (Lipinski definition) is 2. The molecule has 1 aliphatic rings. The molecule has 0 aliphatic heterocycles. The number of amides is 1. The molecule has 3 nitrogen and oxygen atoms in total. The maximum atomic E-state index is 11.9. The summed E-state index contributed by atoms with van der Waals surface area (Å²) in [7, 11) is 0. The van der Waals surface area contributed by atoms with Crippen LogP contribution in [-0.4, -0.2) is 18.0 Å². The van der Waals surface area contributed by atoms with Gasteiger partial charge in [-0.1, -0.05) is 27.2 Å². The van der Waals surface area contributed by atoms with Gasteiger partial charge in [0.1, 0.15) is 0 Å². The third kappa shape index (κ3) is 2.97. The molecule has 0 heterocycles. The van der Waals surface area contributed by atoms with Gasteiger partial charge < -0.3 is 11.1 Å². The Labute approximate surface area is 99.2 Å². The summed E-state index contributed by atoms with van der Waals surface area (Å²) in [5.41, 5.74) is 5.64. The predicted molar refractivity (Wildman–Crippen MR) is 67.0 cm³/mol. The van der Waals surface area contributed by atoms with Gasteiger partial charge in [0.2, 0.25) is 5.91 Å². The summed E-state index contributed by atoms with van der Waals surface area (Å²) in [6.45, 7) is 9.12. The summed E-state index contributed by atoms with van der Waals surface area (Å²) in [6, 6.07) is 0. The fraction of sp³-hybridized carbons (Fsp3) is 0.923. The lowest BCUT2D eigenvalue weighted by Gasteiger charge is -2.26. The molecule has 1 aliphatic carbocycles. The first-order valence-corrected chi connectivity index (χ1v) is 6.41. The monoisotopic (exact) mass is 226 g/mol. The van der Waals surface area contributed by atoms with Crippen molar-refractivity contribution < 1.29 is 4.79 Å². The van der Waals surface area contributed by atoms with Gasteiger partial charge in [0.05, 0.1) is 5.54 Å². The zero-order chi connectivity index (χ0) is 12.4. The summed E-state index contributed by atoms with van der Waals surface area (Å²) >= 11 is 0. The normalized spacial score (nSPS) is 21.6. The summed E-state index contributed by atoms with van der Waals surface area (Å²) in [4.78, 5) is 11.9. The lowest BCUT2D eigenvalue weighted by atomic mass is 9.91. The Morgan fingerprint density at radius 1 is 1.50 bits per heavy atom. The van der Waals surface area contributed by atoms with E-state index in [4.69, 9.17) is 5.73 Å². The highest BCUT2D eigenvalue weighted by atomic mass is 16.2. The van der Waals surface area contributed by atoms with Crippen molar-refractivity contribution in [2.75, 3.05) is 6.54 Å². The van der Waals surface area contributed by atoms with Gasteiger partial charge in [0.15, 0.2) is 0 Å². The molecule has 3 N–H and O–H groups in total. The highest BCUT2D eigenvalue weighted by Crippen LogP contribution is 2.51. The van der Waals surface area contributed by atoms with E-state index in [-0.39, 0.29) is 5.91 Å². The standard InChI is InChI=1S/C13H26N2O/c1-5-6-12(4,14)11(16)15-9-13(7-8-13)10(2)3/h10H,5-9,14H2,1-4H3,(H,15,16). The maximum absolute atomic E-state index is 11.9. The zero-order valence-electron chi connectivity index (χ0n) is 11.1. The van der Waals surface area contributed by atoms with Crippen LogP contribution in [0.4, 0.5) is 0 Å². The van der Waals surface area contributed by atoms with E-state index >= 15 is 0 Å². The molecule has 0 aromatic rings. The van der Waals surface area contributed by atoms with Gasteiger partial charge in [-0.15, -0.1) is 0 Å². The molecule has 0 aromatic carbocycles. The van der Waals surface area contributed by atoms with Crippen molar-refractivity contribution in [2.24, 2.45) is 17.1 Å². The molecule has 94 valence electrons. The van der Waals surface area contributed by atoms with E-state index in [9.17, 15) is 4.79 Å². The molecule has 1 rings (SSSR count).